The summed E-state index contributed by atoms with van der Waals surface area (Å²) in [6.07, 6.45) is -1.14. The molecule has 0 amide bonds. The van der Waals surface area contributed by atoms with Gasteiger partial charge in [0.15, 0.2) is 0 Å². The fraction of sp³-hybridized carbons (Fsp3) is 0.261. The molecular formula is C23H21F4N3OS2. The fourth-order valence-electron chi connectivity index (χ4n) is 3.68. The van der Waals surface area contributed by atoms with Crippen LogP contribution in [0.4, 0.5) is 23.4 Å². The number of alkyl halides is 3. The molecule has 3 N–H and O–H groups in total. The van der Waals surface area contributed by atoms with Crippen LogP contribution in [-0.2, 0) is 6.18 Å². The molecule has 0 radical (unpaired) electrons. The summed E-state index contributed by atoms with van der Waals surface area (Å²) in [7, 11) is 0. The number of aromatic nitrogens is 1. The molecule has 3 aromatic rings. The minimum Gasteiger partial charge on any atom is -0.492 e. The van der Waals surface area contributed by atoms with Crippen LogP contribution < -0.4 is 15.2 Å². The Morgan fingerprint density at radius 2 is 1.97 bits per heavy atom. The van der Waals surface area contributed by atoms with Gasteiger partial charge in [0.25, 0.3) is 0 Å². The average molecular weight is 496 g/mol. The van der Waals surface area contributed by atoms with Crippen molar-refractivity contribution in [1.29, 1.82) is 0 Å². The van der Waals surface area contributed by atoms with Crippen LogP contribution >= 0.6 is 23.3 Å². The molecule has 4 nitrogen and oxygen atoms in total. The first-order valence-electron chi connectivity index (χ1n) is 10.2. The zero-order valence-corrected chi connectivity index (χ0v) is 18.9. The number of thiazole rings is 1. The third kappa shape index (κ3) is 5.87. The van der Waals surface area contributed by atoms with Crippen molar-refractivity contribution in [2.45, 2.75) is 30.0 Å². The van der Waals surface area contributed by atoms with E-state index in [0.717, 1.165) is 35.6 Å². The van der Waals surface area contributed by atoms with Gasteiger partial charge in [0.2, 0.25) is 0 Å². The number of benzene rings is 2. The van der Waals surface area contributed by atoms with E-state index in [2.05, 4.69) is 9.71 Å². The fourth-order valence-corrected chi connectivity index (χ4v) is 4.88. The number of nitrogens with one attached hydrogen (secondary N) is 1. The quantitative estimate of drug-likeness (QED) is 0.285. The summed E-state index contributed by atoms with van der Waals surface area (Å²) in [5.41, 5.74) is 8.73. The molecule has 0 saturated carbocycles. The summed E-state index contributed by atoms with van der Waals surface area (Å²) < 4.78 is 63.3. The molecule has 10 heteroatoms. The number of ether oxygens (including phenoxy) is 1. The Bertz CT molecular complexity index is 1100. The minimum atomic E-state index is -4.59. The van der Waals surface area contributed by atoms with Crippen molar-refractivity contribution in [3.8, 4) is 5.75 Å². The monoisotopic (exact) mass is 495 g/mol. The number of nitrogens with two attached hydrogens (primary N) is 1. The Hall–Kier alpha value is -2.56. The van der Waals surface area contributed by atoms with E-state index in [1.54, 1.807) is 29.1 Å². The van der Waals surface area contributed by atoms with Gasteiger partial charge in [-0.15, -0.1) is 11.3 Å². The average Bonchev–Trinajstić information content (AvgIpc) is 3.31. The zero-order chi connectivity index (χ0) is 23.4. The highest BCUT2D eigenvalue weighted by atomic mass is 32.2. The highest BCUT2D eigenvalue weighted by Gasteiger charge is 2.35. The smallest absolute Gasteiger partial charge is 0.420 e. The second-order valence-corrected chi connectivity index (χ2v) is 9.16. The van der Waals surface area contributed by atoms with E-state index in [1.165, 1.54) is 29.5 Å². The molecule has 2 unspecified atom stereocenters. The van der Waals surface area contributed by atoms with Gasteiger partial charge in [0, 0.05) is 22.2 Å². The Morgan fingerprint density at radius 1 is 1.18 bits per heavy atom. The molecule has 0 bridgehead atoms. The van der Waals surface area contributed by atoms with Crippen molar-refractivity contribution >= 4 is 34.7 Å². The third-order valence-corrected chi connectivity index (χ3v) is 6.73. The standard InChI is InChI=1S/C23H21F4N3OS2/c24-15-6-4-14(5-7-15)17-2-1-3-20(28)18(17)11-31-21-9-8-16(10-19(21)23(25,26)27)33-30-22-12-32-13-29-22/h2,4-10,12-13,18,20,30H,1,3,11,28H2. The molecule has 0 aliphatic heterocycles. The predicted molar refractivity (Wildman–Crippen MR) is 124 cm³/mol. The predicted octanol–water partition coefficient (Wildman–Crippen LogP) is 6.62. The molecule has 0 fully saturated rings. The Morgan fingerprint density at radius 3 is 2.67 bits per heavy atom. The molecular weight excluding hydrogens is 474 g/mol. The molecule has 1 aromatic heterocycles. The van der Waals surface area contributed by atoms with E-state index in [4.69, 9.17) is 10.5 Å². The summed E-state index contributed by atoms with van der Waals surface area (Å²) in [4.78, 5) is 4.43. The van der Waals surface area contributed by atoms with Crippen LogP contribution in [0.2, 0.25) is 0 Å². The first-order valence-corrected chi connectivity index (χ1v) is 11.9. The normalized spacial score (nSPS) is 18.6. The molecule has 1 aliphatic carbocycles. The maximum Gasteiger partial charge on any atom is 0.420 e. The van der Waals surface area contributed by atoms with Gasteiger partial charge < -0.3 is 15.2 Å². The molecule has 0 saturated heterocycles. The number of halogens is 4. The molecule has 0 spiro atoms. The lowest BCUT2D eigenvalue weighted by molar-refractivity contribution is -0.139. The SMILES string of the molecule is NC1CCC=C(c2ccc(F)cc2)C1COc1ccc(SNc2cscn2)cc1C(F)(F)F. The largest absolute Gasteiger partial charge is 0.492 e. The van der Waals surface area contributed by atoms with Crippen LogP contribution in [0.25, 0.3) is 5.57 Å². The number of hydrogen-bond acceptors (Lipinski definition) is 6. The second kappa shape index (κ2) is 10.1. The molecule has 4 rings (SSSR count). The van der Waals surface area contributed by atoms with Gasteiger partial charge in [0.1, 0.15) is 17.4 Å². The third-order valence-electron chi connectivity index (χ3n) is 5.34. The lowest BCUT2D eigenvalue weighted by Gasteiger charge is -2.31. The highest BCUT2D eigenvalue weighted by Crippen LogP contribution is 2.40. The number of hydrogen-bond donors (Lipinski definition) is 2. The van der Waals surface area contributed by atoms with E-state index in [-0.39, 0.29) is 30.1 Å². The first-order chi connectivity index (χ1) is 15.8. The van der Waals surface area contributed by atoms with Gasteiger partial charge in [-0.3, -0.25) is 0 Å². The van der Waals surface area contributed by atoms with Crippen LogP contribution in [0.15, 0.2) is 64.3 Å². The first kappa shape index (κ1) is 23.6. The maximum absolute atomic E-state index is 13.8. The van der Waals surface area contributed by atoms with Crippen molar-refractivity contribution in [3.05, 3.63) is 76.4 Å². The summed E-state index contributed by atoms with van der Waals surface area (Å²) in [6, 6.07) is 9.66. The van der Waals surface area contributed by atoms with Gasteiger partial charge in [-0.05, 0) is 66.3 Å². The summed E-state index contributed by atoms with van der Waals surface area (Å²) in [6.45, 7) is -0.0168. The highest BCUT2D eigenvalue weighted by molar-refractivity contribution is 8.00. The number of anilines is 1. The minimum absolute atomic E-state index is 0.0168. The second-order valence-electron chi connectivity index (χ2n) is 7.56. The van der Waals surface area contributed by atoms with Crippen LogP contribution in [0.1, 0.15) is 24.0 Å². The Kier molecular flexibility index (Phi) is 7.26. The Balaban J connectivity index is 1.52. The van der Waals surface area contributed by atoms with Crippen molar-refractivity contribution in [2.24, 2.45) is 11.7 Å². The van der Waals surface area contributed by atoms with E-state index >= 15 is 0 Å². The van der Waals surface area contributed by atoms with Crippen molar-refractivity contribution in [3.63, 3.8) is 0 Å². The summed E-state index contributed by atoms with van der Waals surface area (Å²) in [5.74, 6) is -0.350. The summed E-state index contributed by atoms with van der Waals surface area (Å²) >= 11 is 2.43. The van der Waals surface area contributed by atoms with E-state index in [1.807, 2.05) is 6.08 Å². The molecule has 1 heterocycles. The lowest BCUT2D eigenvalue weighted by atomic mass is 9.81. The van der Waals surface area contributed by atoms with E-state index in [0.29, 0.717) is 17.1 Å². The molecule has 2 atom stereocenters. The van der Waals surface area contributed by atoms with Crippen LogP contribution in [0.5, 0.6) is 5.75 Å². The van der Waals surface area contributed by atoms with Crippen LogP contribution in [0.3, 0.4) is 0 Å². The van der Waals surface area contributed by atoms with E-state index < -0.39 is 11.7 Å². The van der Waals surface area contributed by atoms with Gasteiger partial charge in [-0.1, -0.05) is 18.2 Å². The van der Waals surface area contributed by atoms with Crippen molar-refractivity contribution < 1.29 is 22.3 Å². The van der Waals surface area contributed by atoms with Crippen molar-refractivity contribution in [1.82, 2.24) is 4.98 Å². The topological polar surface area (TPSA) is 60.2 Å². The summed E-state index contributed by atoms with van der Waals surface area (Å²) in [5, 5.41) is 1.76. The number of rotatable bonds is 7. The van der Waals surface area contributed by atoms with Gasteiger partial charge in [0.05, 0.1) is 17.7 Å². The molecule has 1 aliphatic rings. The van der Waals surface area contributed by atoms with Crippen LogP contribution in [0, 0.1) is 11.7 Å². The van der Waals surface area contributed by atoms with Gasteiger partial charge >= 0.3 is 6.18 Å². The van der Waals surface area contributed by atoms with Crippen molar-refractivity contribution in [2.75, 3.05) is 11.3 Å². The molecule has 33 heavy (non-hydrogen) atoms. The van der Waals surface area contributed by atoms with Gasteiger partial charge in [-0.25, -0.2) is 9.37 Å². The van der Waals surface area contributed by atoms with E-state index in [9.17, 15) is 17.6 Å². The molecule has 2 aromatic carbocycles. The van der Waals surface area contributed by atoms with Crippen LogP contribution in [-0.4, -0.2) is 17.6 Å². The molecule has 174 valence electrons. The number of nitrogens with zero attached hydrogens (tertiary/aromatic N) is 1. The zero-order valence-electron chi connectivity index (χ0n) is 17.3. The lowest BCUT2D eigenvalue weighted by Crippen LogP contribution is -2.37. The van der Waals surface area contributed by atoms with Gasteiger partial charge in [-0.2, -0.15) is 13.2 Å². The maximum atomic E-state index is 13.8. The number of allylic oxidation sites excluding steroid dienone is 1. The Labute approximate surface area is 197 Å².